The fourth-order valence-corrected chi connectivity index (χ4v) is 3.18. The molecular weight excluding hydrogens is 250 g/mol. The highest BCUT2D eigenvalue weighted by Crippen LogP contribution is 2.33. The zero-order chi connectivity index (χ0) is 14.5. The fourth-order valence-electron chi connectivity index (χ4n) is 3.18. The zero-order valence-electron chi connectivity index (χ0n) is 12.5. The molecule has 1 aromatic carbocycles. The van der Waals surface area contributed by atoms with E-state index in [-0.39, 0.29) is 0 Å². The SMILES string of the molecule is CC(C)CC(c1ccccc1)N1CCC(CC(=O)O)C1. The lowest BCUT2D eigenvalue weighted by molar-refractivity contribution is -0.138. The molecule has 1 aliphatic rings. The molecule has 20 heavy (non-hydrogen) atoms. The summed E-state index contributed by atoms with van der Waals surface area (Å²) in [7, 11) is 0. The van der Waals surface area contributed by atoms with E-state index in [9.17, 15) is 4.79 Å². The van der Waals surface area contributed by atoms with Crippen LogP contribution in [-0.4, -0.2) is 29.1 Å². The van der Waals surface area contributed by atoms with E-state index in [2.05, 4.69) is 43.0 Å². The minimum absolute atomic E-state index is 0.305. The van der Waals surface area contributed by atoms with Crippen molar-refractivity contribution >= 4 is 5.97 Å². The highest BCUT2D eigenvalue weighted by atomic mass is 16.4. The smallest absolute Gasteiger partial charge is 0.303 e. The molecule has 1 aromatic rings. The first-order valence-corrected chi connectivity index (χ1v) is 7.57. The summed E-state index contributed by atoms with van der Waals surface area (Å²) in [4.78, 5) is 13.3. The largest absolute Gasteiger partial charge is 0.481 e. The Balaban J connectivity index is 2.07. The molecule has 0 aromatic heterocycles. The van der Waals surface area contributed by atoms with Crippen molar-refractivity contribution in [2.75, 3.05) is 13.1 Å². The van der Waals surface area contributed by atoms with Crippen molar-refractivity contribution in [2.45, 2.75) is 39.2 Å². The molecule has 0 saturated carbocycles. The Kier molecular flexibility index (Phi) is 5.18. The Bertz CT molecular complexity index is 430. The van der Waals surface area contributed by atoms with E-state index >= 15 is 0 Å². The zero-order valence-corrected chi connectivity index (χ0v) is 12.5. The molecule has 0 bridgehead atoms. The first-order chi connectivity index (χ1) is 9.56. The van der Waals surface area contributed by atoms with E-state index in [4.69, 9.17) is 5.11 Å². The van der Waals surface area contributed by atoms with Gasteiger partial charge in [-0.1, -0.05) is 44.2 Å². The predicted octanol–water partition coefficient (Wildman–Crippen LogP) is 3.57. The average Bonchev–Trinajstić information content (AvgIpc) is 2.84. The summed E-state index contributed by atoms with van der Waals surface area (Å²) in [6, 6.07) is 11.0. The van der Waals surface area contributed by atoms with Crippen LogP contribution in [0.3, 0.4) is 0 Å². The van der Waals surface area contributed by atoms with Crippen LogP contribution in [0.4, 0.5) is 0 Å². The van der Waals surface area contributed by atoms with Gasteiger partial charge in [0.1, 0.15) is 0 Å². The molecule has 0 radical (unpaired) electrons. The van der Waals surface area contributed by atoms with E-state index in [0.717, 1.165) is 25.9 Å². The van der Waals surface area contributed by atoms with Crippen molar-refractivity contribution in [3.8, 4) is 0 Å². The van der Waals surface area contributed by atoms with Crippen molar-refractivity contribution in [1.82, 2.24) is 4.90 Å². The van der Waals surface area contributed by atoms with Gasteiger partial charge >= 0.3 is 5.97 Å². The van der Waals surface area contributed by atoms with Crippen LogP contribution in [0, 0.1) is 11.8 Å². The van der Waals surface area contributed by atoms with E-state index in [1.807, 2.05) is 6.07 Å². The normalized spacial score (nSPS) is 21.2. The summed E-state index contributed by atoms with van der Waals surface area (Å²) in [6.07, 6.45) is 2.44. The van der Waals surface area contributed by atoms with Crippen molar-refractivity contribution in [3.63, 3.8) is 0 Å². The molecule has 1 aliphatic heterocycles. The van der Waals surface area contributed by atoms with Crippen LogP contribution in [-0.2, 0) is 4.79 Å². The number of likely N-dealkylation sites (tertiary alicyclic amines) is 1. The molecule has 2 unspecified atom stereocenters. The van der Waals surface area contributed by atoms with Gasteiger partial charge in [-0.05, 0) is 36.8 Å². The van der Waals surface area contributed by atoms with Gasteiger partial charge in [0, 0.05) is 19.0 Å². The van der Waals surface area contributed by atoms with Gasteiger partial charge in [-0.3, -0.25) is 9.69 Å². The van der Waals surface area contributed by atoms with Crippen LogP contribution in [0.1, 0.15) is 44.7 Å². The molecular formula is C17H25NO2. The lowest BCUT2D eigenvalue weighted by atomic mass is 9.95. The topological polar surface area (TPSA) is 40.5 Å². The van der Waals surface area contributed by atoms with E-state index in [0.29, 0.717) is 24.3 Å². The molecule has 3 heteroatoms. The minimum Gasteiger partial charge on any atom is -0.481 e. The van der Waals surface area contributed by atoms with Crippen LogP contribution in [0.5, 0.6) is 0 Å². The predicted molar refractivity (Wildman–Crippen MR) is 80.6 cm³/mol. The van der Waals surface area contributed by atoms with Crippen LogP contribution >= 0.6 is 0 Å². The van der Waals surface area contributed by atoms with Gasteiger partial charge in [0.25, 0.3) is 0 Å². The van der Waals surface area contributed by atoms with Crippen LogP contribution in [0.25, 0.3) is 0 Å². The second kappa shape index (κ2) is 6.89. The molecule has 0 aliphatic carbocycles. The van der Waals surface area contributed by atoms with Crippen LogP contribution in [0.2, 0.25) is 0 Å². The maximum absolute atomic E-state index is 10.9. The highest BCUT2D eigenvalue weighted by molar-refractivity contribution is 5.67. The standard InChI is InChI=1S/C17H25NO2/c1-13(2)10-16(15-6-4-3-5-7-15)18-9-8-14(12-18)11-17(19)20/h3-7,13-14,16H,8-12H2,1-2H3,(H,19,20). The van der Waals surface area contributed by atoms with Gasteiger partial charge < -0.3 is 5.11 Å². The summed E-state index contributed by atoms with van der Waals surface area (Å²) in [5.41, 5.74) is 1.36. The number of carboxylic acids is 1. The lowest BCUT2D eigenvalue weighted by Crippen LogP contribution is -2.28. The van der Waals surface area contributed by atoms with Crippen molar-refractivity contribution in [1.29, 1.82) is 0 Å². The monoisotopic (exact) mass is 275 g/mol. The Morgan fingerprint density at radius 3 is 2.65 bits per heavy atom. The Morgan fingerprint density at radius 2 is 2.05 bits per heavy atom. The second-order valence-corrected chi connectivity index (χ2v) is 6.30. The highest BCUT2D eigenvalue weighted by Gasteiger charge is 2.30. The average molecular weight is 275 g/mol. The molecule has 2 atom stereocenters. The molecule has 1 fully saturated rings. The number of aliphatic carboxylic acids is 1. The third-order valence-corrected chi connectivity index (χ3v) is 4.10. The van der Waals surface area contributed by atoms with Crippen LogP contribution in [0.15, 0.2) is 30.3 Å². The number of benzene rings is 1. The number of rotatable bonds is 6. The van der Waals surface area contributed by atoms with Gasteiger partial charge in [-0.15, -0.1) is 0 Å². The fraction of sp³-hybridized carbons (Fsp3) is 0.588. The van der Waals surface area contributed by atoms with Gasteiger partial charge in [-0.25, -0.2) is 0 Å². The summed E-state index contributed by atoms with van der Waals surface area (Å²) >= 11 is 0. The molecule has 1 N–H and O–H groups in total. The Labute approximate surface area is 121 Å². The van der Waals surface area contributed by atoms with Crippen molar-refractivity contribution in [3.05, 3.63) is 35.9 Å². The maximum atomic E-state index is 10.9. The summed E-state index contributed by atoms with van der Waals surface area (Å²) in [6.45, 7) is 6.43. The van der Waals surface area contributed by atoms with Gasteiger partial charge in [0.2, 0.25) is 0 Å². The van der Waals surface area contributed by atoms with E-state index in [1.54, 1.807) is 0 Å². The minimum atomic E-state index is -0.669. The van der Waals surface area contributed by atoms with Gasteiger partial charge in [0.05, 0.1) is 0 Å². The van der Waals surface area contributed by atoms with Crippen LogP contribution < -0.4 is 0 Å². The Hall–Kier alpha value is -1.35. The molecule has 0 amide bonds. The molecule has 1 heterocycles. The van der Waals surface area contributed by atoms with Crippen molar-refractivity contribution in [2.24, 2.45) is 11.8 Å². The Morgan fingerprint density at radius 1 is 1.35 bits per heavy atom. The van der Waals surface area contributed by atoms with Crippen molar-refractivity contribution < 1.29 is 9.90 Å². The second-order valence-electron chi connectivity index (χ2n) is 6.30. The number of hydrogen-bond acceptors (Lipinski definition) is 2. The maximum Gasteiger partial charge on any atom is 0.303 e. The third kappa shape index (κ3) is 4.07. The van der Waals surface area contributed by atoms with E-state index < -0.39 is 5.97 Å². The first kappa shape index (κ1) is 15.0. The number of hydrogen-bond donors (Lipinski definition) is 1. The van der Waals surface area contributed by atoms with Gasteiger partial charge in [0.15, 0.2) is 0 Å². The number of nitrogens with zero attached hydrogens (tertiary/aromatic N) is 1. The number of carboxylic acid groups (broad SMARTS) is 1. The lowest BCUT2D eigenvalue weighted by Gasteiger charge is -2.30. The summed E-state index contributed by atoms with van der Waals surface area (Å²) < 4.78 is 0. The van der Waals surface area contributed by atoms with E-state index in [1.165, 1.54) is 5.56 Å². The summed E-state index contributed by atoms with van der Waals surface area (Å²) in [5, 5.41) is 8.94. The number of carbonyl (C=O) groups is 1. The first-order valence-electron chi connectivity index (χ1n) is 7.57. The molecule has 3 nitrogen and oxygen atoms in total. The van der Waals surface area contributed by atoms with Gasteiger partial charge in [-0.2, -0.15) is 0 Å². The molecule has 110 valence electrons. The summed E-state index contributed by atoms with van der Waals surface area (Å²) in [5.74, 6) is 0.279. The molecule has 0 spiro atoms. The molecule has 1 saturated heterocycles. The molecule has 2 rings (SSSR count). The third-order valence-electron chi connectivity index (χ3n) is 4.10. The quantitative estimate of drug-likeness (QED) is 0.862.